The second-order valence-corrected chi connectivity index (χ2v) is 4.19. The number of nitrogens with zero attached hydrogens (tertiary/aromatic N) is 1. The van der Waals surface area contributed by atoms with Gasteiger partial charge in [0.2, 0.25) is 5.88 Å². The highest BCUT2D eigenvalue weighted by Gasteiger charge is 2.08. The molecule has 1 heterocycles. The predicted octanol–water partition coefficient (Wildman–Crippen LogP) is 3.38. The number of ether oxygens (including phenoxy) is 1. The van der Waals surface area contributed by atoms with Crippen molar-refractivity contribution in [1.29, 1.82) is 0 Å². The van der Waals surface area contributed by atoms with E-state index >= 15 is 0 Å². The van der Waals surface area contributed by atoms with Crippen LogP contribution in [0.2, 0.25) is 0 Å². The number of nitrogen functional groups attached to an aromatic ring is 1. The smallest absolute Gasteiger partial charge is 0.219 e. The molecule has 2 aromatic rings. The molecule has 2 rings (SSSR count). The standard InChI is InChI=1S/C14H16N2O/c1-9-4-5-10(2)14(11(9)3)17-13-7-6-12(15)8-16-13/h4-8H,15H2,1-3H3. The summed E-state index contributed by atoms with van der Waals surface area (Å²) in [5, 5.41) is 0. The van der Waals surface area contributed by atoms with Crippen LogP contribution in [0.5, 0.6) is 11.6 Å². The number of benzene rings is 1. The van der Waals surface area contributed by atoms with E-state index < -0.39 is 0 Å². The molecule has 0 aliphatic rings. The third-order valence-electron chi connectivity index (χ3n) is 2.84. The van der Waals surface area contributed by atoms with Gasteiger partial charge in [-0.1, -0.05) is 12.1 Å². The highest BCUT2D eigenvalue weighted by molar-refractivity contribution is 5.46. The van der Waals surface area contributed by atoms with Crippen molar-refractivity contribution in [2.45, 2.75) is 20.8 Å². The molecule has 0 unspecified atom stereocenters. The number of aromatic nitrogens is 1. The monoisotopic (exact) mass is 228 g/mol. The number of anilines is 1. The van der Waals surface area contributed by atoms with Crippen molar-refractivity contribution in [1.82, 2.24) is 4.98 Å². The van der Waals surface area contributed by atoms with Crippen LogP contribution in [0.15, 0.2) is 30.5 Å². The maximum Gasteiger partial charge on any atom is 0.219 e. The van der Waals surface area contributed by atoms with Crippen molar-refractivity contribution < 1.29 is 4.74 Å². The normalized spacial score (nSPS) is 10.3. The Bertz CT molecular complexity index is 533. The van der Waals surface area contributed by atoms with Crippen LogP contribution in [0.1, 0.15) is 16.7 Å². The molecule has 0 radical (unpaired) electrons. The second-order valence-electron chi connectivity index (χ2n) is 4.19. The Labute approximate surface area is 101 Å². The Morgan fingerprint density at radius 3 is 2.35 bits per heavy atom. The summed E-state index contributed by atoms with van der Waals surface area (Å²) < 4.78 is 5.81. The zero-order valence-corrected chi connectivity index (χ0v) is 10.3. The predicted molar refractivity (Wildman–Crippen MR) is 69.4 cm³/mol. The molecule has 0 aliphatic heterocycles. The lowest BCUT2D eigenvalue weighted by molar-refractivity contribution is 0.455. The van der Waals surface area contributed by atoms with Crippen LogP contribution in [0.25, 0.3) is 0 Å². The Morgan fingerprint density at radius 2 is 1.71 bits per heavy atom. The van der Waals surface area contributed by atoms with Gasteiger partial charge in [-0.2, -0.15) is 0 Å². The molecule has 0 spiro atoms. The van der Waals surface area contributed by atoms with Gasteiger partial charge >= 0.3 is 0 Å². The lowest BCUT2D eigenvalue weighted by atomic mass is 10.1. The Kier molecular flexibility index (Phi) is 3.00. The topological polar surface area (TPSA) is 48.1 Å². The van der Waals surface area contributed by atoms with Gasteiger partial charge in [0.25, 0.3) is 0 Å². The third kappa shape index (κ3) is 2.38. The quantitative estimate of drug-likeness (QED) is 0.857. The van der Waals surface area contributed by atoms with Gasteiger partial charge in [0.1, 0.15) is 5.75 Å². The summed E-state index contributed by atoms with van der Waals surface area (Å²) in [4.78, 5) is 4.14. The fraction of sp³-hybridized carbons (Fsp3) is 0.214. The van der Waals surface area contributed by atoms with Crippen LogP contribution in [0.3, 0.4) is 0 Å². The zero-order chi connectivity index (χ0) is 12.4. The minimum absolute atomic E-state index is 0.566. The van der Waals surface area contributed by atoms with Crippen LogP contribution in [0, 0.1) is 20.8 Å². The lowest BCUT2D eigenvalue weighted by Crippen LogP contribution is -1.95. The molecular formula is C14H16N2O. The third-order valence-corrected chi connectivity index (χ3v) is 2.84. The molecule has 0 atom stereocenters. The minimum Gasteiger partial charge on any atom is -0.438 e. The Balaban J connectivity index is 2.36. The van der Waals surface area contributed by atoms with E-state index in [1.807, 2.05) is 6.92 Å². The van der Waals surface area contributed by atoms with Gasteiger partial charge in [0.15, 0.2) is 0 Å². The van der Waals surface area contributed by atoms with Crippen molar-refractivity contribution >= 4 is 5.69 Å². The largest absolute Gasteiger partial charge is 0.438 e. The molecule has 0 aliphatic carbocycles. The van der Waals surface area contributed by atoms with Gasteiger partial charge < -0.3 is 10.5 Å². The summed E-state index contributed by atoms with van der Waals surface area (Å²) in [5.74, 6) is 1.44. The fourth-order valence-electron chi connectivity index (χ4n) is 1.64. The van der Waals surface area contributed by atoms with E-state index in [1.54, 1.807) is 18.3 Å². The van der Waals surface area contributed by atoms with Crippen molar-refractivity contribution in [3.8, 4) is 11.6 Å². The van der Waals surface area contributed by atoms with E-state index in [1.165, 1.54) is 5.56 Å². The summed E-state index contributed by atoms with van der Waals surface area (Å²) in [6.07, 6.45) is 1.59. The van der Waals surface area contributed by atoms with Gasteiger partial charge in [-0.15, -0.1) is 0 Å². The SMILES string of the molecule is Cc1ccc(C)c(Oc2ccc(N)cn2)c1C. The van der Waals surface area contributed by atoms with Crippen LogP contribution >= 0.6 is 0 Å². The lowest BCUT2D eigenvalue weighted by Gasteiger charge is -2.12. The number of aryl methyl sites for hydroxylation is 2. The molecule has 0 bridgehead atoms. The van der Waals surface area contributed by atoms with E-state index in [4.69, 9.17) is 10.5 Å². The molecular weight excluding hydrogens is 212 g/mol. The zero-order valence-electron chi connectivity index (χ0n) is 10.3. The van der Waals surface area contributed by atoms with Crippen LogP contribution < -0.4 is 10.5 Å². The van der Waals surface area contributed by atoms with E-state index in [0.717, 1.165) is 16.9 Å². The summed E-state index contributed by atoms with van der Waals surface area (Å²) in [6, 6.07) is 7.70. The van der Waals surface area contributed by atoms with Gasteiger partial charge in [-0.3, -0.25) is 0 Å². The first kappa shape index (κ1) is 11.5. The second kappa shape index (κ2) is 4.45. The first-order chi connectivity index (χ1) is 8.08. The molecule has 2 N–H and O–H groups in total. The fourth-order valence-corrected chi connectivity index (χ4v) is 1.64. The highest BCUT2D eigenvalue weighted by atomic mass is 16.5. The summed E-state index contributed by atoms with van der Waals surface area (Å²) >= 11 is 0. The first-order valence-corrected chi connectivity index (χ1v) is 5.54. The summed E-state index contributed by atoms with van der Waals surface area (Å²) in [7, 11) is 0. The molecule has 3 nitrogen and oxygen atoms in total. The average molecular weight is 228 g/mol. The first-order valence-electron chi connectivity index (χ1n) is 5.54. The van der Waals surface area contributed by atoms with Gasteiger partial charge in [-0.05, 0) is 43.5 Å². The van der Waals surface area contributed by atoms with E-state index in [9.17, 15) is 0 Å². The molecule has 0 amide bonds. The van der Waals surface area contributed by atoms with Crippen LogP contribution in [-0.4, -0.2) is 4.98 Å². The molecule has 17 heavy (non-hydrogen) atoms. The minimum atomic E-state index is 0.566. The Hall–Kier alpha value is -2.03. The molecule has 1 aromatic heterocycles. The molecule has 0 fully saturated rings. The summed E-state index contributed by atoms with van der Waals surface area (Å²) in [6.45, 7) is 6.14. The molecule has 0 saturated heterocycles. The maximum atomic E-state index is 5.81. The van der Waals surface area contributed by atoms with E-state index in [2.05, 4.69) is 31.0 Å². The molecule has 88 valence electrons. The summed E-state index contributed by atoms with van der Waals surface area (Å²) in [5.41, 5.74) is 9.68. The Morgan fingerprint density at radius 1 is 1.00 bits per heavy atom. The van der Waals surface area contributed by atoms with Crippen molar-refractivity contribution in [2.24, 2.45) is 0 Å². The number of hydrogen-bond acceptors (Lipinski definition) is 3. The van der Waals surface area contributed by atoms with E-state index in [0.29, 0.717) is 11.6 Å². The van der Waals surface area contributed by atoms with Gasteiger partial charge in [-0.25, -0.2) is 4.98 Å². The number of hydrogen-bond donors (Lipinski definition) is 1. The van der Waals surface area contributed by atoms with Crippen molar-refractivity contribution in [3.05, 3.63) is 47.2 Å². The number of nitrogens with two attached hydrogens (primary N) is 1. The molecule has 0 saturated carbocycles. The van der Waals surface area contributed by atoms with Gasteiger partial charge in [0.05, 0.1) is 11.9 Å². The number of rotatable bonds is 2. The van der Waals surface area contributed by atoms with E-state index in [-0.39, 0.29) is 0 Å². The van der Waals surface area contributed by atoms with Crippen molar-refractivity contribution in [3.63, 3.8) is 0 Å². The highest BCUT2D eigenvalue weighted by Crippen LogP contribution is 2.29. The average Bonchev–Trinajstić information content (AvgIpc) is 2.32. The molecule has 3 heteroatoms. The van der Waals surface area contributed by atoms with Crippen LogP contribution in [-0.2, 0) is 0 Å². The molecule has 1 aromatic carbocycles. The maximum absolute atomic E-state index is 5.81. The van der Waals surface area contributed by atoms with Crippen LogP contribution in [0.4, 0.5) is 5.69 Å². The van der Waals surface area contributed by atoms with Crippen molar-refractivity contribution in [2.75, 3.05) is 5.73 Å². The van der Waals surface area contributed by atoms with Gasteiger partial charge in [0, 0.05) is 6.07 Å². The number of pyridine rings is 1.